The number of hydrogen-bond acceptors (Lipinski definition) is 8. The van der Waals surface area contributed by atoms with Gasteiger partial charge in [0.2, 0.25) is 11.7 Å². The maximum atomic E-state index is 12.6. The molecule has 0 spiro atoms. The van der Waals surface area contributed by atoms with Crippen molar-refractivity contribution in [3.63, 3.8) is 0 Å². The van der Waals surface area contributed by atoms with Gasteiger partial charge in [-0.25, -0.2) is 4.98 Å². The molecule has 0 saturated carbocycles. The number of carbonyl (C=O) groups is 1. The molecule has 1 aliphatic rings. The fourth-order valence-corrected chi connectivity index (χ4v) is 3.72. The number of aromatic nitrogens is 4. The lowest BCUT2D eigenvalue weighted by Gasteiger charge is -2.17. The molecule has 0 radical (unpaired) electrons. The van der Waals surface area contributed by atoms with Crippen LogP contribution in [0.25, 0.3) is 22.2 Å². The number of aryl methyl sites for hydroxylation is 2. The first-order chi connectivity index (χ1) is 14.6. The van der Waals surface area contributed by atoms with Crippen LogP contribution in [0.2, 0.25) is 0 Å². The van der Waals surface area contributed by atoms with Gasteiger partial charge in [-0.3, -0.25) is 4.79 Å². The summed E-state index contributed by atoms with van der Waals surface area (Å²) >= 11 is 0. The van der Waals surface area contributed by atoms with Gasteiger partial charge in [0.15, 0.2) is 5.69 Å². The van der Waals surface area contributed by atoms with Crippen LogP contribution in [-0.4, -0.2) is 50.2 Å². The fraction of sp³-hybridized carbons (Fsp3) is 0.286. The maximum Gasteiger partial charge on any atom is 0.276 e. The van der Waals surface area contributed by atoms with Gasteiger partial charge in [0.1, 0.15) is 11.6 Å². The summed E-state index contributed by atoms with van der Waals surface area (Å²) in [4.78, 5) is 23.2. The van der Waals surface area contributed by atoms with Crippen molar-refractivity contribution in [3.8, 4) is 11.4 Å². The first-order valence-corrected chi connectivity index (χ1v) is 9.75. The summed E-state index contributed by atoms with van der Waals surface area (Å²) in [5.74, 6) is 2.35. The molecule has 0 unspecified atom stereocenters. The maximum absolute atomic E-state index is 12.6. The predicted octanol–water partition coefficient (Wildman–Crippen LogP) is 3.46. The zero-order chi connectivity index (χ0) is 20.7. The summed E-state index contributed by atoms with van der Waals surface area (Å²) in [6.07, 6.45) is 2.60. The Hall–Kier alpha value is -3.75. The number of hydrogen-bond donors (Lipinski definition) is 1. The number of likely N-dealkylation sites (tertiary alicyclic amines) is 1. The third-order valence-electron chi connectivity index (χ3n) is 5.22. The summed E-state index contributed by atoms with van der Waals surface area (Å²) in [5, 5.41) is 13.4. The topological polar surface area (TPSA) is 110 Å². The highest BCUT2D eigenvalue weighted by molar-refractivity contribution is 5.95. The average molecular weight is 406 g/mol. The van der Waals surface area contributed by atoms with E-state index in [9.17, 15) is 4.79 Å². The minimum atomic E-state index is -0.114. The van der Waals surface area contributed by atoms with Crippen molar-refractivity contribution < 1.29 is 15.3 Å². The van der Waals surface area contributed by atoms with Crippen LogP contribution in [0.15, 0.2) is 45.6 Å². The van der Waals surface area contributed by atoms with Gasteiger partial charge in [-0.05, 0) is 30.9 Å². The van der Waals surface area contributed by atoms with E-state index < -0.39 is 0 Å². The Balaban J connectivity index is 0.00000231. The van der Waals surface area contributed by atoms with E-state index in [1.54, 1.807) is 31.0 Å². The monoisotopic (exact) mass is 406 g/mol. The second-order valence-corrected chi connectivity index (χ2v) is 7.44. The van der Waals surface area contributed by atoms with Gasteiger partial charge in [0.25, 0.3) is 5.91 Å². The van der Waals surface area contributed by atoms with E-state index in [4.69, 9.17) is 9.05 Å². The van der Waals surface area contributed by atoms with Gasteiger partial charge in [0.05, 0.1) is 0 Å². The number of nitrogens with zero attached hydrogens (tertiary/aromatic N) is 5. The Kier molecular flexibility index (Phi) is 4.42. The minimum absolute atomic E-state index is 0. The summed E-state index contributed by atoms with van der Waals surface area (Å²) in [5.41, 5.74) is 1.21. The lowest BCUT2D eigenvalue weighted by atomic mass is 10.1. The first kappa shape index (κ1) is 18.3. The average Bonchev–Trinajstić information content (AvgIpc) is 3.49. The van der Waals surface area contributed by atoms with Gasteiger partial charge in [-0.15, -0.1) is 0 Å². The molecule has 1 N–H and O–H groups in total. The van der Waals surface area contributed by atoms with Crippen LogP contribution >= 0.6 is 0 Å². The van der Waals surface area contributed by atoms with E-state index in [1.807, 2.05) is 24.3 Å². The van der Waals surface area contributed by atoms with E-state index in [0.717, 1.165) is 28.6 Å². The number of benzene rings is 1. The highest BCUT2D eigenvalue weighted by Crippen LogP contribution is 2.28. The molecule has 1 aliphatic heterocycles. The van der Waals surface area contributed by atoms with Crippen molar-refractivity contribution in [1.29, 1.82) is 0 Å². The largest absolute Gasteiger partial charge is 0.365 e. The van der Waals surface area contributed by atoms with E-state index in [2.05, 4.69) is 25.6 Å². The Morgan fingerprint density at radius 1 is 1.20 bits per heavy atom. The Morgan fingerprint density at radius 2 is 2.10 bits per heavy atom. The van der Waals surface area contributed by atoms with Crippen molar-refractivity contribution in [2.75, 3.05) is 18.4 Å². The van der Waals surface area contributed by atoms with Crippen molar-refractivity contribution in [2.24, 2.45) is 0 Å². The van der Waals surface area contributed by atoms with Crippen molar-refractivity contribution in [3.05, 3.63) is 53.9 Å². The molecule has 1 aromatic carbocycles. The van der Waals surface area contributed by atoms with E-state index in [0.29, 0.717) is 36.3 Å². The zero-order valence-electron chi connectivity index (χ0n) is 16.6. The number of carbonyl (C=O) groups excluding carboxylic acids is 1. The molecular formula is C21H22N6O3. The zero-order valence-corrected chi connectivity index (χ0v) is 16.6. The molecular weight excluding hydrogens is 384 g/mol. The quantitative estimate of drug-likeness (QED) is 0.549. The number of fused-ring (bicyclic) bond motifs is 1. The second-order valence-electron chi connectivity index (χ2n) is 7.44. The first-order valence-electron chi connectivity index (χ1n) is 9.75. The minimum Gasteiger partial charge on any atom is -0.365 e. The summed E-state index contributed by atoms with van der Waals surface area (Å²) in [6.45, 7) is 4.77. The van der Waals surface area contributed by atoms with Crippen LogP contribution in [0.1, 0.15) is 30.0 Å². The summed E-state index contributed by atoms with van der Waals surface area (Å²) in [7, 11) is 0. The van der Waals surface area contributed by atoms with E-state index in [1.165, 1.54) is 0 Å². The second kappa shape index (κ2) is 7.25. The SMILES string of the molecule is Cc1cc(C(=O)N2CC[C@H](Nc3nccc4ccc(-c5noc(C)n5)cc34)C2)no1.[HH]. The molecule has 5 rings (SSSR count). The molecule has 1 saturated heterocycles. The Labute approximate surface area is 173 Å². The molecule has 4 heterocycles. The molecule has 1 atom stereocenters. The molecule has 0 aliphatic carbocycles. The molecule has 3 aromatic heterocycles. The van der Waals surface area contributed by atoms with Crippen LogP contribution in [0.4, 0.5) is 5.82 Å². The lowest BCUT2D eigenvalue weighted by molar-refractivity contribution is 0.0781. The molecule has 1 fully saturated rings. The smallest absolute Gasteiger partial charge is 0.276 e. The third kappa shape index (κ3) is 3.38. The molecule has 1 amide bonds. The highest BCUT2D eigenvalue weighted by atomic mass is 16.5. The van der Waals surface area contributed by atoms with Crippen LogP contribution in [-0.2, 0) is 0 Å². The third-order valence-corrected chi connectivity index (χ3v) is 5.22. The van der Waals surface area contributed by atoms with Gasteiger partial charge in [-0.1, -0.05) is 22.4 Å². The standard InChI is InChI=1S/C21H20N6O3.H2/c1-12-9-18(25-29-12)21(28)27-8-6-16(11-27)24-20-17-10-15(19-23-13(2)30-26-19)4-3-14(17)5-7-22-20;/h3-5,7,9-10,16H,6,8,11H2,1-2H3,(H,22,24);1H/t16-;/m0./s1. The number of amides is 1. The normalized spacial score (nSPS) is 16.3. The number of nitrogens with one attached hydrogen (secondary N) is 1. The van der Waals surface area contributed by atoms with E-state index in [-0.39, 0.29) is 13.4 Å². The fourth-order valence-electron chi connectivity index (χ4n) is 3.72. The van der Waals surface area contributed by atoms with Crippen LogP contribution in [0, 0.1) is 13.8 Å². The molecule has 0 bridgehead atoms. The number of rotatable bonds is 4. The molecule has 9 heteroatoms. The molecule has 154 valence electrons. The predicted molar refractivity (Wildman–Crippen MR) is 111 cm³/mol. The highest BCUT2D eigenvalue weighted by Gasteiger charge is 2.29. The molecule has 30 heavy (non-hydrogen) atoms. The number of anilines is 1. The van der Waals surface area contributed by atoms with Crippen molar-refractivity contribution in [2.45, 2.75) is 26.3 Å². The molecule has 4 aromatic rings. The van der Waals surface area contributed by atoms with Gasteiger partial charge >= 0.3 is 0 Å². The lowest BCUT2D eigenvalue weighted by Crippen LogP contribution is -2.31. The van der Waals surface area contributed by atoms with E-state index >= 15 is 0 Å². The van der Waals surface area contributed by atoms with Crippen LogP contribution in [0.5, 0.6) is 0 Å². The molecule has 9 nitrogen and oxygen atoms in total. The number of pyridine rings is 1. The van der Waals surface area contributed by atoms with Crippen molar-refractivity contribution in [1.82, 2.24) is 25.2 Å². The van der Waals surface area contributed by atoms with Crippen LogP contribution < -0.4 is 5.32 Å². The van der Waals surface area contributed by atoms with Gasteiger partial charge in [0, 0.05) is 50.7 Å². The summed E-state index contributed by atoms with van der Waals surface area (Å²) in [6, 6.07) is 9.70. The van der Waals surface area contributed by atoms with Gasteiger partial charge < -0.3 is 19.3 Å². The summed E-state index contributed by atoms with van der Waals surface area (Å²) < 4.78 is 10.1. The Morgan fingerprint density at radius 3 is 2.87 bits per heavy atom. The van der Waals surface area contributed by atoms with Gasteiger partial charge in [-0.2, -0.15) is 4.98 Å². The Bertz CT molecular complexity index is 1240. The van der Waals surface area contributed by atoms with Crippen LogP contribution in [0.3, 0.4) is 0 Å². The van der Waals surface area contributed by atoms with Crippen molar-refractivity contribution >= 4 is 22.5 Å².